The van der Waals surface area contributed by atoms with Crippen LogP contribution in [-0.4, -0.2) is 50.0 Å². The largest absolute Gasteiger partial charge is 0.335 e. The lowest BCUT2D eigenvalue weighted by atomic mass is 9.82. The molecule has 5 nitrogen and oxygen atoms in total. The van der Waals surface area contributed by atoms with Gasteiger partial charge in [0, 0.05) is 25.4 Å². The van der Waals surface area contributed by atoms with E-state index >= 15 is 0 Å². The van der Waals surface area contributed by atoms with Gasteiger partial charge in [-0.05, 0) is 43.9 Å². The zero-order valence-corrected chi connectivity index (χ0v) is 14.3. The third-order valence-corrected chi connectivity index (χ3v) is 7.46. The summed E-state index contributed by atoms with van der Waals surface area (Å²) in [5, 5.41) is 2.81. The highest BCUT2D eigenvalue weighted by molar-refractivity contribution is 7.91. The number of rotatable bonds is 2. The highest BCUT2D eigenvalue weighted by atomic mass is 32.2. The Balaban J connectivity index is 1.53. The Morgan fingerprint density at radius 3 is 2.23 bits per heavy atom. The predicted octanol–water partition coefficient (Wildman–Crippen LogP) is 2.17. The molecule has 22 heavy (non-hydrogen) atoms. The molecule has 2 amide bonds. The summed E-state index contributed by atoms with van der Waals surface area (Å²) in [7, 11) is -3.00. The van der Waals surface area contributed by atoms with E-state index in [-0.39, 0.29) is 17.3 Å². The van der Waals surface area contributed by atoms with Crippen molar-refractivity contribution in [2.75, 3.05) is 19.3 Å². The van der Waals surface area contributed by atoms with Crippen molar-refractivity contribution in [1.82, 2.24) is 10.2 Å². The summed E-state index contributed by atoms with van der Waals surface area (Å²) in [6.45, 7) is 1.78. The van der Waals surface area contributed by atoms with E-state index in [1.54, 1.807) is 0 Å². The minimum absolute atomic E-state index is 0.0172. The molecule has 0 unspecified atom stereocenters. The molecule has 1 saturated heterocycles. The average Bonchev–Trinajstić information content (AvgIpc) is 2.90. The first-order valence-electron chi connectivity index (χ1n) is 8.68. The van der Waals surface area contributed by atoms with Gasteiger partial charge < -0.3 is 10.2 Å². The number of hydrogen-bond donors (Lipinski definition) is 1. The van der Waals surface area contributed by atoms with Gasteiger partial charge in [-0.15, -0.1) is 0 Å². The zero-order chi connectivity index (χ0) is 15.7. The van der Waals surface area contributed by atoms with Crippen molar-refractivity contribution >= 4 is 15.9 Å². The van der Waals surface area contributed by atoms with Crippen LogP contribution in [0.5, 0.6) is 0 Å². The number of likely N-dealkylation sites (tertiary alicyclic amines) is 1. The van der Waals surface area contributed by atoms with Crippen molar-refractivity contribution in [2.45, 2.75) is 62.7 Å². The summed E-state index contributed by atoms with van der Waals surface area (Å²) in [5.74, 6) is 1.38. The zero-order valence-electron chi connectivity index (χ0n) is 13.5. The molecule has 2 aliphatic carbocycles. The van der Waals surface area contributed by atoms with E-state index < -0.39 is 9.84 Å². The van der Waals surface area contributed by atoms with Crippen LogP contribution in [0.1, 0.15) is 51.4 Å². The number of urea groups is 1. The highest BCUT2D eigenvalue weighted by Crippen LogP contribution is 2.36. The molecule has 126 valence electrons. The lowest BCUT2D eigenvalue weighted by Crippen LogP contribution is -2.47. The van der Waals surface area contributed by atoms with Crippen LogP contribution < -0.4 is 5.32 Å². The second kappa shape index (κ2) is 6.38. The fourth-order valence-electron chi connectivity index (χ4n) is 4.50. The van der Waals surface area contributed by atoms with E-state index in [2.05, 4.69) is 5.32 Å². The molecule has 1 heterocycles. The van der Waals surface area contributed by atoms with E-state index in [1.807, 2.05) is 4.90 Å². The van der Waals surface area contributed by atoms with Gasteiger partial charge in [0.1, 0.15) is 9.84 Å². The van der Waals surface area contributed by atoms with Crippen LogP contribution in [0.3, 0.4) is 0 Å². The topological polar surface area (TPSA) is 66.5 Å². The Bertz CT molecular complexity index is 505. The van der Waals surface area contributed by atoms with Gasteiger partial charge in [-0.3, -0.25) is 0 Å². The standard InChI is InChI=1S/C16H28N2O3S/c1-22(20,21)15-8-4-7-14(9-15)17-16(19)18-10-12-5-2-3-6-13(12)11-18/h12-15H,2-11H2,1H3,(H,17,19)/t12-,13+,14-,15-/m1/s1. The summed E-state index contributed by atoms with van der Waals surface area (Å²) in [4.78, 5) is 14.4. The van der Waals surface area contributed by atoms with Gasteiger partial charge in [0.15, 0.2) is 0 Å². The van der Waals surface area contributed by atoms with Crippen LogP contribution in [-0.2, 0) is 9.84 Å². The average molecular weight is 328 g/mol. The quantitative estimate of drug-likeness (QED) is 0.845. The second-order valence-electron chi connectivity index (χ2n) is 7.47. The molecular weight excluding hydrogens is 300 g/mol. The molecule has 3 fully saturated rings. The van der Waals surface area contributed by atoms with Crippen molar-refractivity contribution < 1.29 is 13.2 Å². The molecule has 3 rings (SSSR count). The first-order chi connectivity index (χ1) is 10.4. The first-order valence-corrected chi connectivity index (χ1v) is 10.6. The molecule has 0 spiro atoms. The molecule has 4 atom stereocenters. The maximum atomic E-state index is 12.5. The molecule has 0 bridgehead atoms. The van der Waals surface area contributed by atoms with E-state index in [1.165, 1.54) is 31.9 Å². The van der Waals surface area contributed by atoms with Crippen LogP contribution in [0.15, 0.2) is 0 Å². The van der Waals surface area contributed by atoms with Crippen LogP contribution >= 0.6 is 0 Å². The summed E-state index contributed by atoms with van der Waals surface area (Å²) in [6, 6.07) is 0.0390. The maximum Gasteiger partial charge on any atom is 0.317 e. The van der Waals surface area contributed by atoms with Crippen molar-refractivity contribution in [2.24, 2.45) is 11.8 Å². The number of carbonyl (C=O) groups is 1. The van der Waals surface area contributed by atoms with Crippen molar-refractivity contribution in [3.63, 3.8) is 0 Å². The van der Waals surface area contributed by atoms with Gasteiger partial charge in [-0.25, -0.2) is 13.2 Å². The fraction of sp³-hybridized carbons (Fsp3) is 0.938. The number of fused-ring (bicyclic) bond motifs is 1. The molecular formula is C16H28N2O3S. The molecule has 3 aliphatic rings. The molecule has 6 heteroatoms. The molecule has 0 aromatic rings. The van der Waals surface area contributed by atoms with Gasteiger partial charge in [0.05, 0.1) is 5.25 Å². The number of sulfone groups is 1. The lowest BCUT2D eigenvalue weighted by Gasteiger charge is -2.30. The van der Waals surface area contributed by atoms with Crippen LogP contribution in [0.25, 0.3) is 0 Å². The molecule has 0 radical (unpaired) electrons. The van der Waals surface area contributed by atoms with Gasteiger partial charge in [-0.1, -0.05) is 19.3 Å². The third-order valence-electron chi connectivity index (χ3n) is 5.82. The normalized spacial score (nSPS) is 36.0. The SMILES string of the molecule is CS(=O)(=O)[C@@H]1CCC[C@@H](NC(=O)N2C[C@H]3CCCC[C@H]3C2)C1. The van der Waals surface area contributed by atoms with Crippen LogP contribution in [0.2, 0.25) is 0 Å². The van der Waals surface area contributed by atoms with E-state index in [0.29, 0.717) is 18.3 Å². The van der Waals surface area contributed by atoms with Crippen molar-refractivity contribution in [3.05, 3.63) is 0 Å². The number of amides is 2. The van der Waals surface area contributed by atoms with Crippen molar-refractivity contribution in [3.8, 4) is 0 Å². The van der Waals surface area contributed by atoms with E-state index in [4.69, 9.17) is 0 Å². The highest BCUT2D eigenvalue weighted by Gasteiger charge is 2.37. The predicted molar refractivity (Wildman–Crippen MR) is 86.4 cm³/mol. The van der Waals surface area contributed by atoms with Crippen LogP contribution in [0.4, 0.5) is 4.79 Å². The molecule has 1 N–H and O–H groups in total. The lowest BCUT2D eigenvalue weighted by molar-refractivity contribution is 0.198. The van der Waals surface area contributed by atoms with Crippen LogP contribution in [0, 0.1) is 11.8 Å². The Labute approximate surface area is 133 Å². The minimum atomic E-state index is -3.00. The summed E-state index contributed by atoms with van der Waals surface area (Å²) < 4.78 is 23.4. The molecule has 0 aromatic heterocycles. The van der Waals surface area contributed by atoms with Crippen molar-refractivity contribution in [1.29, 1.82) is 0 Å². The Hall–Kier alpha value is -0.780. The van der Waals surface area contributed by atoms with Gasteiger partial charge in [-0.2, -0.15) is 0 Å². The molecule has 1 aliphatic heterocycles. The van der Waals surface area contributed by atoms with Gasteiger partial charge >= 0.3 is 6.03 Å². The fourth-order valence-corrected chi connectivity index (χ4v) is 5.68. The number of nitrogens with one attached hydrogen (secondary N) is 1. The second-order valence-corrected chi connectivity index (χ2v) is 9.80. The van der Waals surface area contributed by atoms with Gasteiger partial charge in [0.2, 0.25) is 0 Å². The smallest absolute Gasteiger partial charge is 0.317 e. The Kier molecular flexibility index (Phi) is 4.67. The Morgan fingerprint density at radius 1 is 1.00 bits per heavy atom. The third kappa shape index (κ3) is 3.58. The summed E-state index contributed by atoms with van der Waals surface area (Å²) in [6.07, 6.45) is 9.52. The Morgan fingerprint density at radius 2 is 1.64 bits per heavy atom. The van der Waals surface area contributed by atoms with E-state index in [9.17, 15) is 13.2 Å². The first kappa shape index (κ1) is 16.1. The number of nitrogens with zero attached hydrogens (tertiary/aromatic N) is 1. The number of carbonyl (C=O) groups excluding carboxylic acids is 1. The summed E-state index contributed by atoms with van der Waals surface area (Å²) >= 11 is 0. The van der Waals surface area contributed by atoms with Gasteiger partial charge in [0.25, 0.3) is 0 Å². The number of hydrogen-bond acceptors (Lipinski definition) is 3. The minimum Gasteiger partial charge on any atom is -0.335 e. The monoisotopic (exact) mass is 328 g/mol. The molecule has 2 saturated carbocycles. The maximum absolute atomic E-state index is 12.5. The molecule has 0 aromatic carbocycles. The summed E-state index contributed by atoms with van der Waals surface area (Å²) in [5.41, 5.74) is 0. The van der Waals surface area contributed by atoms with E-state index in [0.717, 1.165) is 32.4 Å².